The first-order chi connectivity index (χ1) is 16.0. The number of nitrogens with one attached hydrogen (secondary N) is 2. The molecule has 170 valence electrons. The molecule has 5 rings (SSSR count). The van der Waals surface area contributed by atoms with Gasteiger partial charge in [-0.15, -0.1) is 0 Å². The second-order valence-corrected chi connectivity index (χ2v) is 9.11. The molecule has 1 aliphatic heterocycles. The van der Waals surface area contributed by atoms with Crippen LogP contribution in [0, 0.1) is 11.7 Å². The molecule has 2 aromatic carbocycles. The van der Waals surface area contributed by atoms with Crippen LogP contribution >= 0.6 is 0 Å². The standard InChI is InChI=1S/C26H29FN6/c1-17(29-21-6-4-5-19(12-21)11-18-7-9-32(2)10-8-18)26-23-13-22(20-15-28-33(3)16-20)24(27)14-25(23)30-31-26/h4-6,12-16,18,29H,1,7-11H2,2-3H3,(H,30,31). The summed E-state index contributed by atoms with van der Waals surface area (Å²) in [6, 6.07) is 11.8. The first kappa shape index (κ1) is 21.4. The van der Waals surface area contributed by atoms with Gasteiger partial charge < -0.3 is 10.2 Å². The van der Waals surface area contributed by atoms with Gasteiger partial charge in [-0.2, -0.15) is 10.2 Å². The van der Waals surface area contributed by atoms with Crippen molar-refractivity contribution in [3.05, 3.63) is 72.4 Å². The molecule has 1 saturated heterocycles. The van der Waals surface area contributed by atoms with Gasteiger partial charge in [0.1, 0.15) is 11.5 Å². The SMILES string of the molecule is C=C(Nc1cccc(CC2CCN(C)CC2)c1)c1n[nH]c2cc(F)c(-c3cnn(C)c3)cc12. The highest BCUT2D eigenvalue weighted by molar-refractivity contribution is 5.95. The zero-order valence-electron chi connectivity index (χ0n) is 19.1. The molecular formula is C26H29FN6. The molecule has 2 N–H and O–H groups in total. The van der Waals surface area contributed by atoms with Gasteiger partial charge in [0.2, 0.25) is 0 Å². The fourth-order valence-electron chi connectivity index (χ4n) is 4.66. The number of anilines is 1. The Kier molecular flexibility index (Phi) is 5.72. The number of aromatic nitrogens is 4. The summed E-state index contributed by atoms with van der Waals surface area (Å²) in [4.78, 5) is 2.40. The van der Waals surface area contributed by atoms with Crippen molar-refractivity contribution < 1.29 is 4.39 Å². The lowest BCUT2D eigenvalue weighted by Gasteiger charge is -2.29. The van der Waals surface area contributed by atoms with Crippen LogP contribution in [0.5, 0.6) is 0 Å². The number of halogens is 1. The van der Waals surface area contributed by atoms with E-state index in [-0.39, 0.29) is 5.82 Å². The molecule has 0 unspecified atom stereocenters. The van der Waals surface area contributed by atoms with Crippen LogP contribution < -0.4 is 5.32 Å². The number of H-pyrrole nitrogens is 1. The third-order valence-electron chi connectivity index (χ3n) is 6.54. The molecule has 0 amide bonds. The first-order valence-corrected chi connectivity index (χ1v) is 11.4. The minimum absolute atomic E-state index is 0.314. The lowest BCUT2D eigenvalue weighted by atomic mass is 9.90. The molecule has 33 heavy (non-hydrogen) atoms. The van der Waals surface area contributed by atoms with Gasteiger partial charge in [0, 0.05) is 41.5 Å². The van der Waals surface area contributed by atoms with Crippen molar-refractivity contribution in [1.82, 2.24) is 24.9 Å². The zero-order valence-corrected chi connectivity index (χ0v) is 19.1. The van der Waals surface area contributed by atoms with E-state index in [2.05, 4.69) is 57.3 Å². The van der Waals surface area contributed by atoms with E-state index in [0.717, 1.165) is 29.0 Å². The van der Waals surface area contributed by atoms with Crippen LogP contribution in [0.4, 0.5) is 10.1 Å². The normalized spacial score (nSPS) is 15.2. The zero-order chi connectivity index (χ0) is 22.9. The highest BCUT2D eigenvalue weighted by Crippen LogP contribution is 2.31. The van der Waals surface area contributed by atoms with Crippen molar-refractivity contribution in [3.8, 4) is 11.1 Å². The van der Waals surface area contributed by atoms with Crippen molar-refractivity contribution in [2.45, 2.75) is 19.3 Å². The molecule has 0 saturated carbocycles. The topological polar surface area (TPSA) is 61.8 Å². The van der Waals surface area contributed by atoms with E-state index in [1.54, 1.807) is 17.1 Å². The maximum atomic E-state index is 14.7. The summed E-state index contributed by atoms with van der Waals surface area (Å²) in [7, 11) is 4.01. The second kappa shape index (κ2) is 8.83. The van der Waals surface area contributed by atoms with Crippen molar-refractivity contribution in [2.24, 2.45) is 13.0 Å². The van der Waals surface area contributed by atoms with Crippen LogP contribution in [-0.2, 0) is 13.5 Å². The molecule has 7 heteroatoms. The number of fused-ring (bicyclic) bond motifs is 1. The van der Waals surface area contributed by atoms with Gasteiger partial charge in [0.25, 0.3) is 0 Å². The summed E-state index contributed by atoms with van der Waals surface area (Å²) in [5, 5.41) is 15.7. The molecule has 0 spiro atoms. The van der Waals surface area contributed by atoms with Gasteiger partial charge in [0.15, 0.2) is 0 Å². The molecule has 0 aliphatic carbocycles. The Morgan fingerprint density at radius 3 is 2.79 bits per heavy atom. The number of hydrogen-bond donors (Lipinski definition) is 2. The lowest BCUT2D eigenvalue weighted by molar-refractivity contribution is 0.219. The van der Waals surface area contributed by atoms with E-state index >= 15 is 0 Å². The molecule has 0 radical (unpaired) electrons. The summed E-state index contributed by atoms with van der Waals surface area (Å²) in [5.74, 6) is 0.418. The van der Waals surface area contributed by atoms with E-state index < -0.39 is 0 Å². The van der Waals surface area contributed by atoms with Crippen molar-refractivity contribution >= 4 is 22.3 Å². The van der Waals surface area contributed by atoms with Gasteiger partial charge in [-0.3, -0.25) is 9.78 Å². The van der Waals surface area contributed by atoms with Crippen molar-refractivity contribution in [3.63, 3.8) is 0 Å². The van der Waals surface area contributed by atoms with Crippen LogP contribution in [0.25, 0.3) is 27.7 Å². The highest BCUT2D eigenvalue weighted by Gasteiger charge is 2.18. The largest absolute Gasteiger partial charge is 0.354 e. The third-order valence-corrected chi connectivity index (χ3v) is 6.54. The Balaban J connectivity index is 1.36. The van der Waals surface area contributed by atoms with Gasteiger partial charge in [-0.05, 0) is 69.1 Å². The number of piperidine rings is 1. The summed E-state index contributed by atoms with van der Waals surface area (Å²) in [5.41, 5.74) is 5.51. The average Bonchev–Trinajstić information content (AvgIpc) is 3.41. The number of benzene rings is 2. The van der Waals surface area contributed by atoms with Gasteiger partial charge in [-0.25, -0.2) is 4.39 Å². The van der Waals surface area contributed by atoms with Gasteiger partial charge in [0.05, 0.1) is 17.4 Å². The van der Waals surface area contributed by atoms with E-state index in [1.807, 2.05) is 19.2 Å². The van der Waals surface area contributed by atoms with Gasteiger partial charge >= 0.3 is 0 Å². The number of aromatic amines is 1. The molecule has 0 atom stereocenters. The third kappa shape index (κ3) is 4.54. The Morgan fingerprint density at radius 2 is 2.03 bits per heavy atom. The predicted molar refractivity (Wildman–Crippen MR) is 131 cm³/mol. The van der Waals surface area contributed by atoms with E-state index in [4.69, 9.17) is 0 Å². The van der Waals surface area contributed by atoms with E-state index in [9.17, 15) is 4.39 Å². The molecule has 6 nitrogen and oxygen atoms in total. The maximum Gasteiger partial charge on any atom is 0.133 e. The van der Waals surface area contributed by atoms with Crippen LogP contribution in [-0.4, -0.2) is 45.0 Å². The van der Waals surface area contributed by atoms with Crippen LogP contribution in [0.3, 0.4) is 0 Å². The minimum atomic E-state index is -0.314. The summed E-state index contributed by atoms with van der Waals surface area (Å²) in [6.07, 6.45) is 7.04. The quantitative estimate of drug-likeness (QED) is 0.436. The second-order valence-electron chi connectivity index (χ2n) is 9.11. The highest BCUT2D eigenvalue weighted by atomic mass is 19.1. The first-order valence-electron chi connectivity index (χ1n) is 11.4. The Labute approximate surface area is 193 Å². The molecule has 4 aromatic rings. The Bertz CT molecular complexity index is 1300. The summed E-state index contributed by atoms with van der Waals surface area (Å²) >= 11 is 0. The molecule has 1 fully saturated rings. The van der Waals surface area contributed by atoms with Crippen molar-refractivity contribution in [1.29, 1.82) is 0 Å². The minimum Gasteiger partial charge on any atom is -0.354 e. The molecule has 3 heterocycles. The number of aryl methyl sites for hydroxylation is 1. The smallest absolute Gasteiger partial charge is 0.133 e. The lowest BCUT2D eigenvalue weighted by Crippen LogP contribution is -2.30. The fraction of sp³-hybridized carbons (Fsp3) is 0.308. The molecule has 0 bridgehead atoms. The van der Waals surface area contributed by atoms with Crippen LogP contribution in [0.1, 0.15) is 24.1 Å². The van der Waals surface area contributed by atoms with E-state index in [0.29, 0.717) is 22.5 Å². The predicted octanol–water partition coefficient (Wildman–Crippen LogP) is 5.07. The molecular weight excluding hydrogens is 415 g/mol. The summed E-state index contributed by atoms with van der Waals surface area (Å²) in [6.45, 7) is 6.56. The monoisotopic (exact) mass is 444 g/mol. The van der Waals surface area contributed by atoms with Crippen molar-refractivity contribution in [2.75, 3.05) is 25.5 Å². The number of rotatable bonds is 6. The molecule has 1 aliphatic rings. The van der Waals surface area contributed by atoms with Gasteiger partial charge in [-0.1, -0.05) is 18.7 Å². The Morgan fingerprint density at radius 1 is 1.21 bits per heavy atom. The molecule has 2 aromatic heterocycles. The fourth-order valence-corrected chi connectivity index (χ4v) is 4.66. The number of likely N-dealkylation sites (tertiary alicyclic amines) is 1. The number of hydrogen-bond acceptors (Lipinski definition) is 4. The van der Waals surface area contributed by atoms with E-state index in [1.165, 1.54) is 37.6 Å². The maximum absolute atomic E-state index is 14.7. The van der Waals surface area contributed by atoms with Crippen LogP contribution in [0.2, 0.25) is 0 Å². The van der Waals surface area contributed by atoms with Crippen LogP contribution in [0.15, 0.2) is 55.4 Å². The Hall–Kier alpha value is -3.45. The summed E-state index contributed by atoms with van der Waals surface area (Å²) < 4.78 is 16.4. The average molecular weight is 445 g/mol. The number of nitrogens with zero attached hydrogens (tertiary/aromatic N) is 4.